The maximum absolute atomic E-state index is 12.4. The van der Waals surface area contributed by atoms with Crippen LogP contribution in [0.1, 0.15) is 16.1 Å². The largest absolute Gasteiger partial charge is 0.461 e. The van der Waals surface area contributed by atoms with Gasteiger partial charge in [0.05, 0.1) is 24.3 Å². The SMILES string of the molecule is Cc1nc(NC(=O)CSc2nnc(-c3ccco3)n2Cc2ccccc2)sc1C. The number of anilines is 1. The monoisotopic (exact) mass is 425 g/mol. The molecular formula is C20H19N5O2S2. The van der Waals surface area contributed by atoms with Gasteiger partial charge in [-0.2, -0.15) is 0 Å². The van der Waals surface area contributed by atoms with Crippen molar-refractivity contribution in [3.05, 3.63) is 64.9 Å². The number of aromatic nitrogens is 4. The second-order valence-corrected chi connectivity index (χ2v) is 8.50. The first-order valence-corrected chi connectivity index (χ1v) is 10.8. The molecule has 7 nitrogen and oxygen atoms in total. The Hall–Kier alpha value is -2.91. The number of nitrogens with one attached hydrogen (secondary N) is 1. The van der Waals surface area contributed by atoms with E-state index in [1.165, 1.54) is 23.1 Å². The average Bonchev–Trinajstić information content (AvgIpc) is 3.43. The summed E-state index contributed by atoms with van der Waals surface area (Å²) in [7, 11) is 0. The van der Waals surface area contributed by atoms with Crippen molar-refractivity contribution in [3.8, 4) is 11.6 Å². The number of thiazole rings is 1. The Morgan fingerprint density at radius 3 is 2.69 bits per heavy atom. The Bertz CT molecular complexity index is 1080. The highest BCUT2D eigenvalue weighted by Crippen LogP contribution is 2.26. The molecule has 29 heavy (non-hydrogen) atoms. The van der Waals surface area contributed by atoms with E-state index in [1.807, 2.05) is 60.9 Å². The molecule has 0 radical (unpaired) electrons. The highest BCUT2D eigenvalue weighted by Gasteiger charge is 2.18. The molecule has 0 bridgehead atoms. The van der Waals surface area contributed by atoms with Crippen LogP contribution in [0.3, 0.4) is 0 Å². The molecule has 3 heterocycles. The third kappa shape index (κ3) is 4.57. The zero-order valence-electron chi connectivity index (χ0n) is 16.0. The molecule has 148 valence electrons. The van der Waals surface area contributed by atoms with Crippen LogP contribution in [0.15, 0.2) is 58.3 Å². The van der Waals surface area contributed by atoms with Crippen LogP contribution in [0.5, 0.6) is 0 Å². The molecule has 3 aromatic heterocycles. The van der Waals surface area contributed by atoms with E-state index in [1.54, 1.807) is 6.26 Å². The number of nitrogens with zero attached hydrogens (tertiary/aromatic N) is 4. The minimum Gasteiger partial charge on any atom is -0.461 e. The van der Waals surface area contributed by atoms with Gasteiger partial charge in [0.1, 0.15) is 0 Å². The molecule has 0 atom stereocenters. The molecule has 0 saturated carbocycles. The number of aryl methyl sites for hydroxylation is 2. The van der Waals surface area contributed by atoms with Gasteiger partial charge in [-0.25, -0.2) is 4.98 Å². The molecule has 1 amide bonds. The van der Waals surface area contributed by atoms with Crippen LogP contribution < -0.4 is 5.32 Å². The van der Waals surface area contributed by atoms with Crippen LogP contribution in [-0.2, 0) is 11.3 Å². The quantitative estimate of drug-likeness (QED) is 0.442. The van der Waals surface area contributed by atoms with Gasteiger partial charge in [0.2, 0.25) is 11.7 Å². The summed E-state index contributed by atoms with van der Waals surface area (Å²) in [5.74, 6) is 1.35. The number of rotatable bonds is 7. The van der Waals surface area contributed by atoms with Crippen molar-refractivity contribution < 1.29 is 9.21 Å². The molecule has 0 aliphatic heterocycles. The number of furan rings is 1. The predicted molar refractivity (Wildman–Crippen MR) is 114 cm³/mol. The van der Waals surface area contributed by atoms with E-state index in [-0.39, 0.29) is 11.7 Å². The molecule has 0 spiro atoms. The normalized spacial score (nSPS) is 11.0. The van der Waals surface area contributed by atoms with E-state index >= 15 is 0 Å². The standard InChI is InChI=1S/C20H19N5O2S2/c1-13-14(2)29-19(21-13)22-17(26)12-28-20-24-23-18(16-9-6-10-27-16)25(20)11-15-7-4-3-5-8-15/h3-10H,11-12H2,1-2H3,(H,21,22,26). The van der Waals surface area contributed by atoms with Gasteiger partial charge in [-0.3, -0.25) is 9.36 Å². The molecule has 1 N–H and O–H groups in total. The number of amides is 1. The van der Waals surface area contributed by atoms with E-state index in [0.29, 0.717) is 28.4 Å². The highest BCUT2D eigenvalue weighted by molar-refractivity contribution is 7.99. The first kappa shape index (κ1) is 19.4. The maximum atomic E-state index is 12.4. The fourth-order valence-corrected chi connectivity index (χ4v) is 4.27. The van der Waals surface area contributed by atoms with Gasteiger partial charge in [0, 0.05) is 4.88 Å². The number of carbonyl (C=O) groups excluding carboxylic acids is 1. The molecule has 1 aromatic carbocycles. The first-order valence-electron chi connectivity index (χ1n) is 8.98. The van der Waals surface area contributed by atoms with Crippen LogP contribution in [0, 0.1) is 13.8 Å². The summed E-state index contributed by atoms with van der Waals surface area (Å²) in [5, 5.41) is 12.7. The molecule has 4 aromatic rings. The van der Waals surface area contributed by atoms with Crippen LogP contribution in [0.2, 0.25) is 0 Å². The van der Waals surface area contributed by atoms with E-state index in [4.69, 9.17) is 4.42 Å². The fourth-order valence-electron chi connectivity index (χ4n) is 2.70. The predicted octanol–water partition coefficient (Wildman–Crippen LogP) is 4.39. The number of carbonyl (C=O) groups is 1. The summed E-state index contributed by atoms with van der Waals surface area (Å²) in [4.78, 5) is 17.8. The van der Waals surface area contributed by atoms with Crippen molar-refractivity contribution in [2.24, 2.45) is 0 Å². The zero-order valence-corrected chi connectivity index (χ0v) is 17.6. The Morgan fingerprint density at radius 2 is 2.00 bits per heavy atom. The van der Waals surface area contributed by atoms with Gasteiger partial charge in [-0.05, 0) is 31.5 Å². The number of hydrogen-bond acceptors (Lipinski definition) is 7. The van der Waals surface area contributed by atoms with Crippen LogP contribution >= 0.6 is 23.1 Å². The lowest BCUT2D eigenvalue weighted by Gasteiger charge is -2.09. The van der Waals surface area contributed by atoms with E-state index in [2.05, 4.69) is 20.5 Å². The third-order valence-corrected chi connectivity index (χ3v) is 6.20. The summed E-state index contributed by atoms with van der Waals surface area (Å²) in [6, 6.07) is 13.7. The van der Waals surface area contributed by atoms with Gasteiger partial charge in [-0.15, -0.1) is 21.5 Å². The van der Waals surface area contributed by atoms with Crippen molar-refractivity contribution in [2.75, 3.05) is 11.1 Å². The molecule has 0 unspecified atom stereocenters. The first-order chi connectivity index (χ1) is 14.1. The zero-order chi connectivity index (χ0) is 20.2. The minimum atomic E-state index is -0.127. The summed E-state index contributed by atoms with van der Waals surface area (Å²) in [6.45, 7) is 4.50. The second-order valence-electron chi connectivity index (χ2n) is 6.35. The fraction of sp³-hybridized carbons (Fsp3) is 0.200. The molecule has 0 aliphatic carbocycles. The average molecular weight is 426 g/mol. The van der Waals surface area contributed by atoms with Crippen molar-refractivity contribution in [1.29, 1.82) is 0 Å². The summed E-state index contributed by atoms with van der Waals surface area (Å²) in [5.41, 5.74) is 2.05. The molecule has 0 fully saturated rings. The third-order valence-electron chi connectivity index (χ3n) is 4.25. The van der Waals surface area contributed by atoms with Gasteiger partial charge < -0.3 is 9.73 Å². The Kier molecular flexibility index (Phi) is 5.77. The van der Waals surface area contributed by atoms with E-state index in [9.17, 15) is 4.79 Å². The molecule has 0 saturated heterocycles. The Morgan fingerprint density at radius 1 is 1.17 bits per heavy atom. The summed E-state index contributed by atoms with van der Waals surface area (Å²) >= 11 is 2.81. The number of thioether (sulfide) groups is 1. The van der Waals surface area contributed by atoms with Crippen LogP contribution in [0.4, 0.5) is 5.13 Å². The van der Waals surface area contributed by atoms with Crippen molar-refractivity contribution >= 4 is 34.1 Å². The molecule has 9 heteroatoms. The van der Waals surface area contributed by atoms with Gasteiger partial charge in [0.25, 0.3) is 0 Å². The van der Waals surface area contributed by atoms with Crippen molar-refractivity contribution in [1.82, 2.24) is 19.7 Å². The highest BCUT2D eigenvalue weighted by atomic mass is 32.2. The lowest BCUT2D eigenvalue weighted by Crippen LogP contribution is -2.14. The lowest BCUT2D eigenvalue weighted by atomic mass is 10.2. The van der Waals surface area contributed by atoms with Gasteiger partial charge in [0.15, 0.2) is 16.0 Å². The van der Waals surface area contributed by atoms with Crippen molar-refractivity contribution in [3.63, 3.8) is 0 Å². The lowest BCUT2D eigenvalue weighted by molar-refractivity contribution is -0.113. The van der Waals surface area contributed by atoms with Gasteiger partial charge >= 0.3 is 0 Å². The Balaban J connectivity index is 1.51. The van der Waals surface area contributed by atoms with Crippen LogP contribution in [0.25, 0.3) is 11.6 Å². The number of hydrogen-bond donors (Lipinski definition) is 1. The maximum Gasteiger partial charge on any atom is 0.236 e. The second kappa shape index (κ2) is 8.62. The number of benzene rings is 1. The summed E-state index contributed by atoms with van der Waals surface area (Å²) in [6.07, 6.45) is 1.61. The smallest absolute Gasteiger partial charge is 0.236 e. The minimum absolute atomic E-state index is 0.127. The van der Waals surface area contributed by atoms with Crippen molar-refractivity contribution in [2.45, 2.75) is 25.5 Å². The molecule has 0 aliphatic rings. The topological polar surface area (TPSA) is 85.8 Å². The van der Waals surface area contributed by atoms with E-state index in [0.717, 1.165) is 16.1 Å². The van der Waals surface area contributed by atoms with Gasteiger partial charge in [-0.1, -0.05) is 42.1 Å². The molecule has 4 rings (SSSR count). The Labute approximate surface area is 176 Å². The summed E-state index contributed by atoms with van der Waals surface area (Å²) < 4.78 is 7.47. The van der Waals surface area contributed by atoms with E-state index < -0.39 is 0 Å². The van der Waals surface area contributed by atoms with Crippen LogP contribution in [-0.4, -0.2) is 31.4 Å². The molecular weight excluding hydrogens is 406 g/mol.